The number of anilines is 1. The maximum absolute atomic E-state index is 8.82. The minimum absolute atomic E-state index is 0.562. The lowest BCUT2D eigenvalue weighted by Gasteiger charge is -1.97. The minimum atomic E-state index is -0.593. The molecule has 54 valence electrons. The van der Waals surface area contributed by atoms with E-state index in [0.29, 0.717) is 5.82 Å². The van der Waals surface area contributed by atoms with Gasteiger partial charge in [0.25, 0.3) is 0 Å². The minimum Gasteiger partial charge on any atom is -0.433 e. The molecule has 1 heterocycles. The van der Waals surface area contributed by atoms with E-state index in [9.17, 15) is 0 Å². The molecule has 2 N–H and O–H groups in total. The summed E-state index contributed by atoms with van der Waals surface area (Å²) in [4.78, 5) is 0. The molecule has 1 rings (SSSR count). The van der Waals surface area contributed by atoms with Crippen molar-refractivity contribution in [1.29, 1.82) is 0 Å². The van der Waals surface area contributed by atoms with Gasteiger partial charge >= 0.3 is 7.05 Å². The largest absolute Gasteiger partial charge is 0.433 e. The van der Waals surface area contributed by atoms with Crippen molar-refractivity contribution in [2.45, 2.75) is 13.7 Å². The van der Waals surface area contributed by atoms with Gasteiger partial charge in [-0.3, -0.25) is 0 Å². The summed E-state index contributed by atoms with van der Waals surface area (Å²) < 4.78 is 4.74. The molecule has 0 atom stereocenters. The van der Waals surface area contributed by atoms with Crippen LogP contribution >= 0.6 is 0 Å². The molecule has 0 amide bonds. The number of aromatic nitrogens is 1. The van der Waals surface area contributed by atoms with Crippen molar-refractivity contribution in [2.75, 3.05) is 5.23 Å². The van der Waals surface area contributed by atoms with Crippen LogP contribution in [0.1, 0.15) is 5.76 Å². The number of hydrogen-bond acceptors (Lipinski definition) is 4. The van der Waals surface area contributed by atoms with E-state index in [1.54, 1.807) is 19.8 Å². The number of hydrogen-bond donors (Lipinski definition) is 2. The van der Waals surface area contributed by atoms with Gasteiger partial charge in [0.15, 0.2) is 5.82 Å². The zero-order chi connectivity index (χ0) is 7.56. The van der Waals surface area contributed by atoms with Crippen LogP contribution in [0.25, 0.3) is 0 Å². The normalized spacial score (nSPS) is 9.50. The van der Waals surface area contributed by atoms with Gasteiger partial charge in [0.2, 0.25) is 0 Å². The van der Waals surface area contributed by atoms with Crippen molar-refractivity contribution in [3.63, 3.8) is 0 Å². The first kappa shape index (κ1) is 7.15. The highest BCUT2D eigenvalue weighted by Crippen LogP contribution is 2.06. The van der Waals surface area contributed by atoms with E-state index in [-0.39, 0.29) is 0 Å². The van der Waals surface area contributed by atoms with E-state index in [1.165, 1.54) is 0 Å². The molecule has 0 bridgehead atoms. The van der Waals surface area contributed by atoms with Gasteiger partial charge in [-0.2, -0.15) is 0 Å². The van der Waals surface area contributed by atoms with Crippen LogP contribution in [0.2, 0.25) is 6.82 Å². The molecule has 1 aromatic heterocycles. The van der Waals surface area contributed by atoms with Gasteiger partial charge in [-0.25, -0.2) is 0 Å². The lowest BCUT2D eigenvalue weighted by Crippen LogP contribution is -2.19. The summed E-state index contributed by atoms with van der Waals surface area (Å²) in [6.07, 6.45) is 0. The third-order valence-electron chi connectivity index (χ3n) is 0.985. The lowest BCUT2D eigenvalue weighted by atomic mass is 9.89. The first-order chi connectivity index (χ1) is 4.68. The van der Waals surface area contributed by atoms with Crippen LogP contribution in [0.3, 0.4) is 0 Å². The van der Waals surface area contributed by atoms with Crippen LogP contribution in [0, 0.1) is 6.92 Å². The first-order valence-corrected chi connectivity index (χ1v) is 3.06. The van der Waals surface area contributed by atoms with Gasteiger partial charge in [-0.15, -0.1) is 0 Å². The Morgan fingerprint density at radius 2 is 2.50 bits per heavy atom. The summed E-state index contributed by atoms with van der Waals surface area (Å²) >= 11 is 0. The van der Waals surface area contributed by atoms with E-state index >= 15 is 0 Å². The van der Waals surface area contributed by atoms with Crippen molar-refractivity contribution in [3.8, 4) is 0 Å². The Morgan fingerprint density at radius 1 is 1.80 bits per heavy atom. The molecular weight excluding hydrogens is 131 g/mol. The number of rotatable bonds is 2. The van der Waals surface area contributed by atoms with E-state index in [2.05, 4.69) is 10.4 Å². The van der Waals surface area contributed by atoms with Crippen molar-refractivity contribution in [3.05, 3.63) is 11.8 Å². The standard InChI is InChI=1S/C5H9BN2O2/c1-4-3-5(8-10-4)7-6(2)9/h3,9H,1-2H3,(H,7,8). The van der Waals surface area contributed by atoms with Gasteiger partial charge in [0, 0.05) is 6.07 Å². The topological polar surface area (TPSA) is 58.3 Å². The highest BCUT2D eigenvalue weighted by Gasteiger charge is 2.05. The molecule has 0 unspecified atom stereocenters. The Labute approximate surface area is 59.4 Å². The fraction of sp³-hybridized carbons (Fsp3) is 0.400. The Hall–Kier alpha value is -0.965. The van der Waals surface area contributed by atoms with E-state index < -0.39 is 7.05 Å². The van der Waals surface area contributed by atoms with E-state index in [1.807, 2.05) is 0 Å². The van der Waals surface area contributed by atoms with Crippen LogP contribution < -0.4 is 5.23 Å². The summed E-state index contributed by atoms with van der Waals surface area (Å²) in [5.74, 6) is 1.29. The summed E-state index contributed by atoms with van der Waals surface area (Å²) in [7, 11) is -0.593. The van der Waals surface area contributed by atoms with Crippen LogP contribution in [-0.4, -0.2) is 17.2 Å². The average Bonchev–Trinajstić information content (AvgIpc) is 2.13. The second kappa shape index (κ2) is 2.75. The van der Waals surface area contributed by atoms with E-state index in [4.69, 9.17) is 9.55 Å². The average molecular weight is 140 g/mol. The monoisotopic (exact) mass is 140 g/mol. The number of aryl methyl sites for hydroxylation is 1. The van der Waals surface area contributed by atoms with E-state index in [0.717, 1.165) is 5.76 Å². The fourth-order valence-electron chi connectivity index (χ4n) is 0.648. The van der Waals surface area contributed by atoms with Crippen molar-refractivity contribution >= 4 is 12.9 Å². The SMILES string of the molecule is CB(O)Nc1cc(C)on1. The van der Waals surface area contributed by atoms with Crippen molar-refractivity contribution < 1.29 is 9.55 Å². The molecular formula is C5H9BN2O2. The lowest BCUT2D eigenvalue weighted by molar-refractivity contribution is 0.400. The maximum atomic E-state index is 8.82. The Kier molecular flexibility index (Phi) is 1.96. The zero-order valence-electron chi connectivity index (χ0n) is 5.96. The predicted molar refractivity (Wildman–Crippen MR) is 38.7 cm³/mol. The Balaban J connectivity index is 2.58. The summed E-state index contributed by atoms with van der Waals surface area (Å²) in [5.41, 5.74) is 0. The second-order valence-electron chi connectivity index (χ2n) is 2.14. The Morgan fingerprint density at radius 3 is 2.90 bits per heavy atom. The van der Waals surface area contributed by atoms with Gasteiger partial charge < -0.3 is 14.8 Å². The smallest absolute Gasteiger partial charge is 0.408 e. The third kappa shape index (κ3) is 1.77. The summed E-state index contributed by atoms with van der Waals surface area (Å²) in [5, 5.41) is 15.1. The second-order valence-corrected chi connectivity index (χ2v) is 2.14. The van der Waals surface area contributed by atoms with Gasteiger partial charge in [0.05, 0.1) is 0 Å². The number of nitrogens with zero attached hydrogens (tertiary/aromatic N) is 1. The van der Waals surface area contributed by atoms with Crippen LogP contribution in [0.4, 0.5) is 5.82 Å². The van der Waals surface area contributed by atoms with Crippen LogP contribution in [-0.2, 0) is 0 Å². The molecule has 0 saturated carbocycles. The highest BCUT2D eigenvalue weighted by molar-refractivity contribution is 6.52. The molecule has 10 heavy (non-hydrogen) atoms. The molecule has 0 saturated heterocycles. The Bertz CT molecular complexity index is 211. The fourth-order valence-corrected chi connectivity index (χ4v) is 0.648. The molecule has 5 heteroatoms. The molecule has 0 aromatic carbocycles. The zero-order valence-corrected chi connectivity index (χ0v) is 5.96. The van der Waals surface area contributed by atoms with Crippen LogP contribution in [0.15, 0.2) is 10.6 Å². The molecule has 0 radical (unpaired) electrons. The molecule has 0 aliphatic carbocycles. The molecule has 0 spiro atoms. The van der Waals surface area contributed by atoms with Gasteiger partial charge in [-0.05, 0) is 13.7 Å². The van der Waals surface area contributed by atoms with Crippen molar-refractivity contribution in [2.24, 2.45) is 0 Å². The van der Waals surface area contributed by atoms with Gasteiger partial charge in [-0.1, -0.05) is 5.16 Å². The molecule has 1 aromatic rings. The highest BCUT2D eigenvalue weighted by atomic mass is 16.5. The summed E-state index contributed by atoms with van der Waals surface area (Å²) in [6.45, 7) is 3.41. The van der Waals surface area contributed by atoms with Gasteiger partial charge in [0.1, 0.15) is 5.76 Å². The molecule has 0 aliphatic rings. The predicted octanol–water partition coefficient (Wildman–Crippen LogP) is 0.505. The van der Waals surface area contributed by atoms with Crippen LogP contribution in [0.5, 0.6) is 0 Å². The molecule has 0 fully saturated rings. The molecule has 4 nitrogen and oxygen atoms in total. The maximum Gasteiger partial charge on any atom is 0.408 e. The first-order valence-electron chi connectivity index (χ1n) is 3.06. The van der Waals surface area contributed by atoms with Crippen molar-refractivity contribution in [1.82, 2.24) is 5.16 Å². The number of nitrogens with one attached hydrogen (secondary N) is 1. The summed E-state index contributed by atoms with van der Waals surface area (Å²) in [6, 6.07) is 1.72. The third-order valence-corrected chi connectivity index (χ3v) is 0.985. The quantitative estimate of drug-likeness (QED) is 0.587. The molecule has 0 aliphatic heterocycles.